The normalized spacial score (nSPS) is 32.9. The zero-order valence-corrected chi connectivity index (χ0v) is 13.5. The van der Waals surface area contributed by atoms with E-state index in [1.807, 2.05) is 11.8 Å². The number of allylic oxidation sites excluding steroid dienone is 1. The number of thioether (sulfide) groups is 1. The van der Waals surface area contributed by atoms with E-state index in [4.69, 9.17) is 4.74 Å². The fraction of sp³-hybridized carbons (Fsp3) is 0.882. The van der Waals surface area contributed by atoms with Crippen molar-refractivity contribution in [2.45, 2.75) is 77.4 Å². The molecule has 1 aliphatic heterocycles. The third kappa shape index (κ3) is 5.15. The number of rotatable bonds is 9. The van der Waals surface area contributed by atoms with Crippen LogP contribution in [0.4, 0.5) is 0 Å². The van der Waals surface area contributed by atoms with Gasteiger partial charge in [-0.1, -0.05) is 46.1 Å². The Morgan fingerprint density at radius 2 is 1.89 bits per heavy atom. The molecule has 0 aromatic carbocycles. The zero-order valence-electron chi connectivity index (χ0n) is 12.7. The van der Waals surface area contributed by atoms with E-state index >= 15 is 0 Å². The Labute approximate surface area is 123 Å². The number of ether oxygens (including phenoxy) is 1. The highest BCUT2D eigenvalue weighted by Crippen LogP contribution is 2.44. The first kappa shape index (κ1) is 15.4. The molecule has 0 radical (unpaired) electrons. The molecule has 2 aliphatic rings. The molecule has 2 heteroatoms. The Balaban J connectivity index is 1.53. The van der Waals surface area contributed by atoms with Gasteiger partial charge in [0.25, 0.3) is 0 Å². The first-order valence-electron chi connectivity index (χ1n) is 8.16. The SMILES string of the molecule is C=C(CCCCCCC)SCC1CC2OC2CC1C. The van der Waals surface area contributed by atoms with Crippen LogP contribution in [0, 0.1) is 11.8 Å². The quantitative estimate of drug-likeness (QED) is 0.414. The smallest absolute Gasteiger partial charge is 0.0845 e. The van der Waals surface area contributed by atoms with Gasteiger partial charge in [-0.2, -0.15) is 0 Å². The van der Waals surface area contributed by atoms with Gasteiger partial charge in [-0.3, -0.25) is 0 Å². The third-order valence-corrected chi connectivity index (χ3v) is 5.90. The lowest BCUT2D eigenvalue weighted by molar-refractivity contribution is 0.314. The summed E-state index contributed by atoms with van der Waals surface area (Å²) in [5, 5.41) is 0. The molecule has 4 atom stereocenters. The number of epoxide rings is 1. The molecule has 4 unspecified atom stereocenters. The van der Waals surface area contributed by atoms with Gasteiger partial charge < -0.3 is 4.74 Å². The molecule has 2 fully saturated rings. The fourth-order valence-electron chi connectivity index (χ4n) is 3.14. The van der Waals surface area contributed by atoms with E-state index in [0.717, 1.165) is 11.8 Å². The van der Waals surface area contributed by atoms with Crippen molar-refractivity contribution >= 4 is 11.8 Å². The van der Waals surface area contributed by atoms with Crippen LogP contribution < -0.4 is 0 Å². The number of fused-ring (bicyclic) bond motifs is 1. The van der Waals surface area contributed by atoms with E-state index < -0.39 is 0 Å². The van der Waals surface area contributed by atoms with E-state index in [9.17, 15) is 0 Å². The van der Waals surface area contributed by atoms with Crippen LogP contribution >= 0.6 is 11.8 Å². The van der Waals surface area contributed by atoms with Crippen LogP contribution in [-0.2, 0) is 4.74 Å². The van der Waals surface area contributed by atoms with Gasteiger partial charge in [-0.25, -0.2) is 0 Å². The summed E-state index contributed by atoms with van der Waals surface area (Å²) in [6.07, 6.45) is 11.9. The molecular weight excluding hydrogens is 252 g/mol. The fourth-order valence-corrected chi connectivity index (χ4v) is 4.34. The molecule has 2 rings (SSSR count). The van der Waals surface area contributed by atoms with Crippen molar-refractivity contribution < 1.29 is 4.74 Å². The lowest BCUT2D eigenvalue weighted by Crippen LogP contribution is -2.24. The molecule has 0 spiro atoms. The largest absolute Gasteiger partial charge is 0.370 e. The minimum atomic E-state index is 0.615. The van der Waals surface area contributed by atoms with Gasteiger partial charge in [-0.15, -0.1) is 11.8 Å². The Morgan fingerprint density at radius 1 is 1.16 bits per heavy atom. The standard InChI is InChI=1S/C17H30OS/c1-4-5-6-7-8-9-14(3)19-12-15-11-17-16(18-17)10-13(15)2/h13,15-17H,3-12H2,1-2H3. The van der Waals surface area contributed by atoms with Gasteiger partial charge in [0, 0.05) is 5.75 Å². The number of unbranched alkanes of at least 4 members (excludes halogenated alkanes) is 4. The predicted molar refractivity (Wildman–Crippen MR) is 85.5 cm³/mol. The van der Waals surface area contributed by atoms with E-state index in [0.29, 0.717) is 12.2 Å². The molecule has 19 heavy (non-hydrogen) atoms. The van der Waals surface area contributed by atoms with Gasteiger partial charge in [-0.05, 0) is 42.4 Å². The Morgan fingerprint density at radius 3 is 2.68 bits per heavy atom. The molecule has 1 heterocycles. The summed E-state index contributed by atoms with van der Waals surface area (Å²) in [4.78, 5) is 1.41. The van der Waals surface area contributed by atoms with Crippen molar-refractivity contribution in [3.05, 3.63) is 11.5 Å². The minimum absolute atomic E-state index is 0.615. The average Bonchev–Trinajstić information content (AvgIpc) is 3.13. The lowest BCUT2D eigenvalue weighted by Gasteiger charge is -2.26. The topological polar surface area (TPSA) is 12.5 Å². The van der Waals surface area contributed by atoms with Crippen LogP contribution in [0.5, 0.6) is 0 Å². The van der Waals surface area contributed by atoms with E-state index in [1.165, 1.54) is 62.0 Å². The molecule has 1 aliphatic carbocycles. The maximum Gasteiger partial charge on any atom is 0.0845 e. The third-order valence-electron chi connectivity index (χ3n) is 4.69. The second-order valence-electron chi connectivity index (χ2n) is 6.44. The summed E-state index contributed by atoms with van der Waals surface area (Å²) in [7, 11) is 0. The Kier molecular flexibility index (Phi) is 6.28. The second kappa shape index (κ2) is 7.73. The Hall–Kier alpha value is 0.0500. The van der Waals surface area contributed by atoms with Crippen molar-refractivity contribution in [1.29, 1.82) is 0 Å². The minimum Gasteiger partial charge on any atom is -0.370 e. The zero-order chi connectivity index (χ0) is 13.7. The molecular formula is C17H30OS. The van der Waals surface area contributed by atoms with Gasteiger partial charge in [0.15, 0.2) is 0 Å². The van der Waals surface area contributed by atoms with Crippen molar-refractivity contribution in [3.63, 3.8) is 0 Å². The van der Waals surface area contributed by atoms with Crippen LogP contribution in [0.25, 0.3) is 0 Å². The molecule has 1 nitrogen and oxygen atoms in total. The summed E-state index contributed by atoms with van der Waals surface area (Å²) in [6.45, 7) is 8.91. The first-order chi connectivity index (χ1) is 9.20. The van der Waals surface area contributed by atoms with Crippen LogP contribution in [0.2, 0.25) is 0 Å². The molecule has 0 N–H and O–H groups in total. The summed E-state index contributed by atoms with van der Waals surface area (Å²) in [5.41, 5.74) is 0. The highest BCUT2D eigenvalue weighted by atomic mass is 32.2. The van der Waals surface area contributed by atoms with Crippen LogP contribution in [-0.4, -0.2) is 18.0 Å². The summed E-state index contributed by atoms with van der Waals surface area (Å²) in [6, 6.07) is 0. The van der Waals surface area contributed by atoms with Gasteiger partial charge in [0.1, 0.15) is 0 Å². The summed E-state index contributed by atoms with van der Waals surface area (Å²) < 4.78 is 5.66. The molecule has 0 bridgehead atoms. The maximum atomic E-state index is 5.66. The number of hydrogen-bond acceptors (Lipinski definition) is 2. The highest BCUT2D eigenvalue weighted by molar-refractivity contribution is 8.03. The first-order valence-corrected chi connectivity index (χ1v) is 9.15. The highest BCUT2D eigenvalue weighted by Gasteiger charge is 2.46. The lowest BCUT2D eigenvalue weighted by atomic mass is 9.82. The molecule has 0 aromatic rings. The summed E-state index contributed by atoms with van der Waals surface area (Å²) >= 11 is 2.02. The van der Waals surface area contributed by atoms with E-state index in [1.54, 1.807) is 0 Å². The van der Waals surface area contributed by atoms with Crippen LogP contribution in [0.1, 0.15) is 65.2 Å². The van der Waals surface area contributed by atoms with Gasteiger partial charge in [0.05, 0.1) is 12.2 Å². The molecule has 1 saturated carbocycles. The molecule has 0 aromatic heterocycles. The van der Waals surface area contributed by atoms with Crippen molar-refractivity contribution in [2.24, 2.45) is 11.8 Å². The second-order valence-corrected chi connectivity index (χ2v) is 7.64. The maximum absolute atomic E-state index is 5.66. The molecule has 1 saturated heterocycles. The molecule has 0 amide bonds. The molecule has 110 valence electrons. The summed E-state index contributed by atoms with van der Waals surface area (Å²) in [5.74, 6) is 2.96. The van der Waals surface area contributed by atoms with Crippen molar-refractivity contribution in [3.8, 4) is 0 Å². The van der Waals surface area contributed by atoms with Crippen LogP contribution in [0.3, 0.4) is 0 Å². The van der Waals surface area contributed by atoms with Gasteiger partial charge >= 0.3 is 0 Å². The van der Waals surface area contributed by atoms with E-state index in [-0.39, 0.29) is 0 Å². The van der Waals surface area contributed by atoms with E-state index in [2.05, 4.69) is 20.4 Å². The Bertz CT molecular complexity index is 289. The average molecular weight is 282 g/mol. The van der Waals surface area contributed by atoms with Crippen LogP contribution in [0.15, 0.2) is 11.5 Å². The van der Waals surface area contributed by atoms with Crippen molar-refractivity contribution in [2.75, 3.05) is 5.75 Å². The monoisotopic (exact) mass is 282 g/mol. The number of hydrogen-bond donors (Lipinski definition) is 0. The van der Waals surface area contributed by atoms with Crippen molar-refractivity contribution in [1.82, 2.24) is 0 Å². The predicted octanol–water partition coefficient (Wildman–Crippen LogP) is 5.41. The van der Waals surface area contributed by atoms with Gasteiger partial charge in [0.2, 0.25) is 0 Å².